The molecule has 0 aromatic carbocycles. The van der Waals surface area contributed by atoms with E-state index in [9.17, 15) is 0 Å². The van der Waals surface area contributed by atoms with Gasteiger partial charge in [-0.25, -0.2) is 0 Å². The molecule has 2 aliphatic heterocycles. The highest BCUT2D eigenvalue weighted by Gasteiger charge is 2.51. The van der Waals surface area contributed by atoms with Gasteiger partial charge in [0, 0.05) is 11.7 Å². The fourth-order valence-corrected chi connectivity index (χ4v) is 2.55. The Morgan fingerprint density at radius 3 is 2.50 bits per heavy atom. The van der Waals surface area contributed by atoms with Gasteiger partial charge in [0.15, 0.2) is 14.6 Å². The van der Waals surface area contributed by atoms with Crippen LogP contribution in [0.1, 0.15) is 27.7 Å². The van der Waals surface area contributed by atoms with E-state index < -0.39 is 0 Å². The molecule has 6 heteroatoms. The molecule has 0 amide bonds. The molecule has 0 atom stereocenters. The Morgan fingerprint density at radius 1 is 1.17 bits per heavy atom. The number of hydrogen-bond acceptors (Lipinski definition) is 3. The van der Waals surface area contributed by atoms with Crippen LogP contribution in [0.15, 0.2) is 12.3 Å². The van der Waals surface area contributed by atoms with Gasteiger partial charge in [-0.2, -0.15) is 0 Å². The van der Waals surface area contributed by atoms with E-state index in [1.165, 1.54) is 17.3 Å². The Morgan fingerprint density at radius 2 is 1.83 bits per heavy atom. The van der Waals surface area contributed by atoms with Crippen LogP contribution in [0, 0.1) is 0 Å². The number of rotatable bonds is 1. The van der Waals surface area contributed by atoms with Gasteiger partial charge < -0.3 is 9.31 Å². The highest BCUT2D eigenvalue weighted by molar-refractivity contribution is 6.81. The Hall–Kier alpha value is -0.735. The monoisotopic (exact) mass is 241 g/mol. The Labute approximate surface area is 110 Å². The maximum Gasteiger partial charge on any atom is 0.496 e. The third-order valence-corrected chi connectivity index (χ3v) is 4.47. The molecular weight excluding hydrogens is 223 g/mol. The maximum absolute atomic E-state index is 6.05. The molecular formula is C12H18B3NO2. The maximum atomic E-state index is 6.05. The zero-order valence-electron chi connectivity index (χ0n) is 11.6. The van der Waals surface area contributed by atoms with Gasteiger partial charge in [0.2, 0.25) is 0 Å². The molecule has 0 aliphatic carbocycles. The lowest BCUT2D eigenvalue weighted by Crippen LogP contribution is -2.41. The third kappa shape index (κ3) is 1.82. The average Bonchev–Trinajstić information content (AvgIpc) is 2.80. The quantitative estimate of drug-likeness (QED) is 0.584. The molecule has 0 radical (unpaired) electrons. The smallest absolute Gasteiger partial charge is 0.399 e. The number of nitrogens with zero attached hydrogens (tertiary/aromatic N) is 1. The highest BCUT2D eigenvalue weighted by atomic mass is 16.7. The van der Waals surface area contributed by atoms with Crippen molar-refractivity contribution < 1.29 is 9.31 Å². The third-order valence-electron chi connectivity index (χ3n) is 4.47. The minimum atomic E-state index is -0.284. The summed E-state index contributed by atoms with van der Waals surface area (Å²) in [7, 11) is 1.96. The van der Waals surface area contributed by atoms with Crippen molar-refractivity contribution in [3.05, 3.63) is 12.3 Å². The lowest BCUT2D eigenvalue weighted by atomic mass is 9.63. The fraction of sp³-hybridized carbons (Fsp3) is 0.583. The average molecular weight is 241 g/mol. The van der Waals surface area contributed by atoms with Gasteiger partial charge in [-0.1, -0.05) is 17.7 Å². The number of aromatic nitrogens is 1. The first-order valence-corrected chi connectivity index (χ1v) is 6.72. The summed E-state index contributed by atoms with van der Waals surface area (Å²) in [6, 6.07) is 2.21. The SMILES string of the molecule is CC1(C)OB(c2cnc3c(c2)BCB3)OC1(C)C. The van der Waals surface area contributed by atoms with Crippen molar-refractivity contribution in [2.45, 2.75) is 45.1 Å². The fourth-order valence-electron chi connectivity index (χ4n) is 2.55. The van der Waals surface area contributed by atoms with E-state index in [-0.39, 0.29) is 18.3 Å². The summed E-state index contributed by atoms with van der Waals surface area (Å²) < 4.78 is 12.1. The van der Waals surface area contributed by atoms with Gasteiger partial charge >= 0.3 is 7.12 Å². The van der Waals surface area contributed by atoms with Gasteiger partial charge in [0.05, 0.1) is 11.2 Å². The molecule has 1 fully saturated rings. The molecule has 0 spiro atoms. The number of fused-ring (bicyclic) bond motifs is 1. The van der Waals surface area contributed by atoms with Crippen LogP contribution >= 0.6 is 0 Å². The summed E-state index contributed by atoms with van der Waals surface area (Å²) in [5, 5.41) is 0. The van der Waals surface area contributed by atoms with Crippen LogP contribution in [-0.4, -0.2) is 37.9 Å². The van der Waals surface area contributed by atoms with Gasteiger partial charge in [-0.3, -0.25) is 4.98 Å². The molecule has 0 saturated carbocycles. The standard InChI is InChI=1S/C12H18B3NO2/c1-11(2)12(3,4)18-15(17-11)8-5-9-10(16-6-8)14-7-13-9/h5-6,13-14H,7H2,1-4H3. The van der Waals surface area contributed by atoms with Crippen molar-refractivity contribution in [2.24, 2.45) is 0 Å². The Bertz CT molecular complexity index is 474. The molecule has 0 bridgehead atoms. The summed E-state index contributed by atoms with van der Waals surface area (Å²) in [6.07, 6.45) is 3.13. The lowest BCUT2D eigenvalue weighted by Gasteiger charge is -2.32. The molecule has 3 rings (SSSR count). The summed E-state index contributed by atoms with van der Waals surface area (Å²) >= 11 is 0. The van der Waals surface area contributed by atoms with Crippen LogP contribution in [-0.2, 0) is 9.31 Å². The minimum Gasteiger partial charge on any atom is -0.399 e. The Balaban J connectivity index is 1.89. The highest BCUT2D eigenvalue weighted by Crippen LogP contribution is 2.36. The second kappa shape index (κ2) is 3.88. The van der Waals surface area contributed by atoms with Crippen LogP contribution in [0.3, 0.4) is 0 Å². The molecule has 0 unspecified atom stereocenters. The normalized spacial score (nSPS) is 23.4. The number of pyridine rings is 1. The van der Waals surface area contributed by atoms with Crippen LogP contribution in [0.4, 0.5) is 0 Å². The summed E-state index contributed by atoms with van der Waals surface area (Å²) in [4.78, 5) is 4.54. The van der Waals surface area contributed by atoms with E-state index >= 15 is 0 Å². The topological polar surface area (TPSA) is 31.4 Å². The van der Waals surface area contributed by atoms with Gasteiger partial charge in [0.25, 0.3) is 0 Å². The van der Waals surface area contributed by atoms with Crippen LogP contribution in [0.5, 0.6) is 0 Å². The first kappa shape index (κ1) is 12.3. The van der Waals surface area contributed by atoms with Crippen molar-refractivity contribution in [2.75, 3.05) is 0 Å². The van der Waals surface area contributed by atoms with Crippen molar-refractivity contribution in [1.29, 1.82) is 0 Å². The van der Waals surface area contributed by atoms with Crippen LogP contribution < -0.4 is 16.5 Å². The predicted octanol–water partition coefficient (Wildman–Crippen LogP) is -1.11. The molecule has 0 N–H and O–H groups in total. The van der Waals surface area contributed by atoms with E-state index in [1.807, 2.05) is 6.20 Å². The van der Waals surface area contributed by atoms with E-state index in [1.54, 1.807) is 0 Å². The largest absolute Gasteiger partial charge is 0.496 e. The zero-order valence-corrected chi connectivity index (χ0v) is 11.6. The van der Waals surface area contributed by atoms with E-state index in [0.29, 0.717) is 0 Å². The van der Waals surface area contributed by atoms with Crippen LogP contribution in [0.2, 0.25) is 6.22 Å². The summed E-state index contributed by atoms with van der Waals surface area (Å²) in [6.45, 7) is 8.31. The molecule has 1 saturated heterocycles. The number of hydrogen-bond donors (Lipinski definition) is 0. The van der Waals surface area contributed by atoms with Crippen molar-refractivity contribution >= 4 is 38.2 Å². The van der Waals surface area contributed by atoms with E-state index in [2.05, 4.69) is 38.7 Å². The second-order valence-electron chi connectivity index (χ2n) is 6.32. The molecule has 3 nitrogen and oxygen atoms in total. The summed E-state index contributed by atoms with van der Waals surface area (Å²) in [5.41, 5.74) is 3.10. The lowest BCUT2D eigenvalue weighted by molar-refractivity contribution is 0.00578. The molecule has 1 aromatic heterocycles. The first-order valence-electron chi connectivity index (χ1n) is 6.72. The predicted molar refractivity (Wildman–Crippen MR) is 78.3 cm³/mol. The van der Waals surface area contributed by atoms with Gasteiger partial charge in [-0.05, 0) is 33.3 Å². The van der Waals surface area contributed by atoms with E-state index in [0.717, 1.165) is 20.0 Å². The van der Waals surface area contributed by atoms with Gasteiger partial charge in [0.1, 0.15) is 0 Å². The molecule has 18 heavy (non-hydrogen) atoms. The van der Waals surface area contributed by atoms with Crippen molar-refractivity contribution in [1.82, 2.24) is 4.98 Å². The van der Waals surface area contributed by atoms with E-state index in [4.69, 9.17) is 9.31 Å². The van der Waals surface area contributed by atoms with Crippen molar-refractivity contribution in [3.63, 3.8) is 0 Å². The molecule has 3 heterocycles. The Kier molecular flexibility index (Phi) is 2.65. The summed E-state index contributed by atoms with van der Waals surface area (Å²) in [5.74, 6) is 0. The molecule has 92 valence electrons. The first-order chi connectivity index (χ1) is 8.39. The molecule has 1 aromatic rings. The zero-order chi connectivity index (χ0) is 13.0. The van der Waals surface area contributed by atoms with Crippen molar-refractivity contribution in [3.8, 4) is 0 Å². The minimum absolute atomic E-state index is 0.281. The second-order valence-corrected chi connectivity index (χ2v) is 6.32. The molecule has 2 aliphatic rings. The van der Waals surface area contributed by atoms with Crippen LogP contribution in [0.25, 0.3) is 0 Å². The van der Waals surface area contributed by atoms with Gasteiger partial charge in [-0.15, -0.1) is 0 Å².